The molecule has 0 aromatic rings. The van der Waals surface area contributed by atoms with Crippen LogP contribution in [-0.4, -0.2) is 56.3 Å². The second-order valence-electron chi connectivity index (χ2n) is 6.44. The molecule has 0 aromatic heterocycles. The van der Waals surface area contributed by atoms with Gasteiger partial charge in [-0.2, -0.15) is 17.0 Å². The van der Waals surface area contributed by atoms with Crippen LogP contribution in [0.5, 0.6) is 0 Å². The Balaban J connectivity index is 1.85. The van der Waals surface area contributed by atoms with E-state index in [1.54, 1.807) is 15.7 Å². The number of nitrogens with zero attached hydrogens (tertiary/aromatic N) is 2. The molecule has 0 amide bonds. The molecule has 0 spiro atoms. The molecule has 1 N–H and O–H groups in total. The fraction of sp³-hybridized carbons (Fsp3) is 1.00. The van der Waals surface area contributed by atoms with Gasteiger partial charge in [-0.15, -0.1) is 0 Å². The number of nitrogens with one attached hydrogen (secondary N) is 1. The summed E-state index contributed by atoms with van der Waals surface area (Å²) in [5, 5.41) is 3.32. The molecule has 2 atom stereocenters. The maximum Gasteiger partial charge on any atom is 0.281 e. The molecule has 1 saturated carbocycles. The topological polar surface area (TPSA) is 52.7 Å². The Morgan fingerprint density at radius 3 is 2.71 bits per heavy atom. The first-order valence-electron chi connectivity index (χ1n) is 8.51. The molecule has 1 heterocycles. The van der Waals surface area contributed by atoms with Crippen molar-refractivity contribution in [2.45, 2.75) is 57.9 Å². The minimum Gasteiger partial charge on any atom is -0.317 e. The van der Waals surface area contributed by atoms with E-state index in [-0.39, 0.29) is 6.04 Å². The summed E-state index contributed by atoms with van der Waals surface area (Å²) in [5.41, 5.74) is 0. The molecule has 2 fully saturated rings. The van der Waals surface area contributed by atoms with Crippen molar-refractivity contribution in [2.75, 3.05) is 33.2 Å². The van der Waals surface area contributed by atoms with Gasteiger partial charge < -0.3 is 5.32 Å². The van der Waals surface area contributed by atoms with Crippen molar-refractivity contribution in [1.82, 2.24) is 13.9 Å². The molecule has 2 aliphatic rings. The van der Waals surface area contributed by atoms with Crippen LogP contribution in [0.2, 0.25) is 0 Å². The lowest BCUT2D eigenvalue weighted by atomic mass is 9.86. The predicted octanol–water partition coefficient (Wildman–Crippen LogP) is 1.82. The Bertz CT molecular complexity index is 413. The Labute approximate surface area is 130 Å². The van der Waals surface area contributed by atoms with Crippen LogP contribution in [0, 0.1) is 5.92 Å². The van der Waals surface area contributed by atoms with Crippen LogP contribution in [-0.2, 0) is 10.2 Å². The third kappa shape index (κ3) is 4.18. The zero-order chi connectivity index (χ0) is 15.3. The molecule has 6 heteroatoms. The van der Waals surface area contributed by atoms with Crippen molar-refractivity contribution in [3.63, 3.8) is 0 Å². The Kier molecular flexibility index (Phi) is 6.47. The van der Waals surface area contributed by atoms with Crippen LogP contribution < -0.4 is 5.32 Å². The fourth-order valence-corrected chi connectivity index (χ4v) is 5.35. The first kappa shape index (κ1) is 17.2. The lowest BCUT2D eigenvalue weighted by molar-refractivity contribution is 0.249. The van der Waals surface area contributed by atoms with Crippen molar-refractivity contribution < 1.29 is 8.42 Å². The van der Waals surface area contributed by atoms with Crippen molar-refractivity contribution in [3.05, 3.63) is 0 Å². The van der Waals surface area contributed by atoms with Gasteiger partial charge in [-0.3, -0.25) is 0 Å². The van der Waals surface area contributed by atoms with Gasteiger partial charge in [-0.25, -0.2) is 0 Å². The lowest BCUT2D eigenvalue weighted by Gasteiger charge is -2.33. The zero-order valence-electron chi connectivity index (χ0n) is 13.6. The lowest BCUT2D eigenvalue weighted by Crippen LogP contribution is -2.46. The van der Waals surface area contributed by atoms with Gasteiger partial charge in [0.15, 0.2) is 0 Å². The molecule has 5 nitrogen and oxygen atoms in total. The van der Waals surface area contributed by atoms with Crippen LogP contribution in [0.1, 0.15) is 51.9 Å². The van der Waals surface area contributed by atoms with Crippen LogP contribution >= 0.6 is 0 Å². The van der Waals surface area contributed by atoms with Crippen LogP contribution in [0.15, 0.2) is 0 Å². The number of hydrogen-bond acceptors (Lipinski definition) is 3. The van der Waals surface area contributed by atoms with Gasteiger partial charge in [-0.1, -0.05) is 19.8 Å². The first-order chi connectivity index (χ1) is 10.1. The average Bonchev–Trinajstić information content (AvgIpc) is 2.91. The van der Waals surface area contributed by atoms with Crippen LogP contribution in [0.25, 0.3) is 0 Å². The highest BCUT2D eigenvalue weighted by Crippen LogP contribution is 2.38. The molecule has 0 aromatic carbocycles. The third-order valence-electron chi connectivity index (χ3n) is 4.90. The summed E-state index contributed by atoms with van der Waals surface area (Å²) in [6.45, 7) is 5.35. The second kappa shape index (κ2) is 7.90. The van der Waals surface area contributed by atoms with Gasteiger partial charge in [0, 0.05) is 26.2 Å². The van der Waals surface area contributed by atoms with Gasteiger partial charge in [0.2, 0.25) is 0 Å². The molecular weight excluding hydrogens is 286 g/mol. The molecular formula is C15H31N3O2S. The largest absolute Gasteiger partial charge is 0.317 e. The molecule has 0 bridgehead atoms. The quantitative estimate of drug-likeness (QED) is 0.695. The highest BCUT2D eigenvalue weighted by molar-refractivity contribution is 7.86. The van der Waals surface area contributed by atoms with E-state index in [2.05, 4.69) is 12.2 Å². The van der Waals surface area contributed by atoms with E-state index in [4.69, 9.17) is 0 Å². The SMILES string of the molecule is CCCNCCCN(C)S(=O)(=O)N1CCC2CCCCC21. The third-order valence-corrected chi connectivity index (χ3v) is 6.92. The summed E-state index contributed by atoms with van der Waals surface area (Å²) in [6.07, 6.45) is 7.75. The van der Waals surface area contributed by atoms with Crippen LogP contribution in [0.3, 0.4) is 0 Å². The van der Waals surface area contributed by atoms with E-state index >= 15 is 0 Å². The summed E-state index contributed by atoms with van der Waals surface area (Å²) in [5.74, 6) is 0.605. The standard InChI is InChI=1S/C15H31N3O2S/c1-3-10-16-11-6-12-17(2)21(19,20)18-13-9-14-7-4-5-8-15(14)18/h14-16H,3-13H2,1-2H3. The van der Waals surface area contributed by atoms with Crippen molar-refractivity contribution in [3.8, 4) is 0 Å². The zero-order valence-corrected chi connectivity index (χ0v) is 14.4. The summed E-state index contributed by atoms with van der Waals surface area (Å²) in [4.78, 5) is 0. The van der Waals surface area contributed by atoms with Crippen molar-refractivity contribution in [1.29, 1.82) is 0 Å². The highest BCUT2D eigenvalue weighted by Gasteiger charge is 2.42. The van der Waals surface area contributed by atoms with E-state index in [1.165, 1.54) is 19.3 Å². The van der Waals surface area contributed by atoms with Gasteiger partial charge in [0.1, 0.15) is 0 Å². The summed E-state index contributed by atoms with van der Waals surface area (Å²) in [7, 11) is -1.54. The normalized spacial score (nSPS) is 27.2. The van der Waals surface area contributed by atoms with Crippen LogP contribution in [0.4, 0.5) is 0 Å². The molecule has 1 saturated heterocycles. The Hall–Kier alpha value is -0.170. The van der Waals surface area contributed by atoms with Gasteiger partial charge in [-0.05, 0) is 51.1 Å². The first-order valence-corrected chi connectivity index (χ1v) is 9.91. The highest BCUT2D eigenvalue weighted by atomic mass is 32.2. The molecule has 21 heavy (non-hydrogen) atoms. The van der Waals surface area contributed by atoms with Gasteiger partial charge >= 0.3 is 0 Å². The van der Waals surface area contributed by atoms with Gasteiger partial charge in [0.25, 0.3) is 10.2 Å². The minimum atomic E-state index is -3.26. The maximum absolute atomic E-state index is 12.7. The number of rotatable bonds is 8. The fourth-order valence-electron chi connectivity index (χ4n) is 3.67. The van der Waals surface area contributed by atoms with Crippen molar-refractivity contribution >= 4 is 10.2 Å². The summed E-state index contributed by atoms with van der Waals surface area (Å²) < 4.78 is 28.8. The molecule has 1 aliphatic heterocycles. The van der Waals surface area contributed by atoms with E-state index in [0.717, 1.165) is 45.3 Å². The predicted molar refractivity (Wildman–Crippen MR) is 86.4 cm³/mol. The van der Waals surface area contributed by atoms with E-state index in [9.17, 15) is 8.42 Å². The summed E-state index contributed by atoms with van der Waals surface area (Å²) >= 11 is 0. The molecule has 2 rings (SSSR count). The molecule has 124 valence electrons. The molecule has 1 aliphatic carbocycles. The monoisotopic (exact) mass is 317 g/mol. The molecule has 2 unspecified atom stereocenters. The number of hydrogen-bond donors (Lipinski definition) is 1. The average molecular weight is 317 g/mol. The Morgan fingerprint density at radius 2 is 1.95 bits per heavy atom. The summed E-state index contributed by atoms with van der Waals surface area (Å²) in [6, 6.07) is 0.268. The van der Waals surface area contributed by atoms with Gasteiger partial charge in [0.05, 0.1) is 0 Å². The van der Waals surface area contributed by atoms with E-state index < -0.39 is 10.2 Å². The second-order valence-corrected chi connectivity index (χ2v) is 8.43. The smallest absolute Gasteiger partial charge is 0.281 e. The van der Waals surface area contributed by atoms with E-state index in [0.29, 0.717) is 12.5 Å². The minimum absolute atomic E-state index is 0.268. The molecule has 0 radical (unpaired) electrons. The Morgan fingerprint density at radius 1 is 1.19 bits per heavy atom. The van der Waals surface area contributed by atoms with Crippen molar-refractivity contribution in [2.24, 2.45) is 5.92 Å². The van der Waals surface area contributed by atoms with E-state index in [1.807, 2.05) is 0 Å². The number of fused-ring (bicyclic) bond motifs is 1. The maximum atomic E-state index is 12.7.